The molecule has 2 aliphatic heterocycles. The van der Waals surface area contributed by atoms with Crippen molar-refractivity contribution in [2.75, 3.05) is 26.3 Å². The maximum absolute atomic E-state index is 14.0. The summed E-state index contributed by atoms with van der Waals surface area (Å²) < 4.78 is 7.76. The Morgan fingerprint density at radius 3 is 2.72 bits per heavy atom. The molecule has 5 nitrogen and oxygen atoms in total. The van der Waals surface area contributed by atoms with Crippen LogP contribution in [0.1, 0.15) is 48.8 Å². The second-order valence-electron chi connectivity index (χ2n) is 9.55. The molecule has 5 heteroatoms. The minimum Gasteiger partial charge on any atom is -0.381 e. The van der Waals surface area contributed by atoms with E-state index in [2.05, 4.69) is 63.8 Å². The number of fused-ring (bicyclic) bond motifs is 1. The zero-order valence-corrected chi connectivity index (χ0v) is 19.0. The highest BCUT2D eigenvalue weighted by atomic mass is 16.5. The number of carbonyl (C=O) groups excluding carboxylic acids is 1. The Hall–Kier alpha value is -2.66. The van der Waals surface area contributed by atoms with Gasteiger partial charge in [-0.15, -0.1) is 0 Å². The Bertz CT molecular complexity index is 1070. The molecule has 0 spiro atoms. The number of carbonyl (C=O) groups is 1. The molecule has 1 amide bonds. The highest BCUT2D eigenvalue weighted by Gasteiger charge is 2.44. The number of likely N-dealkylation sites (tertiary alicyclic amines) is 1. The van der Waals surface area contributed by atoms with Crippen molar-refractivity contribution in [2.24, 2.45) is 5.92 Å². The number of ether oxygens (including phenoxy) is 1. The van der Waals surface area contributed by atoms with E-state index in [9.17, 15) is 4.79 Å². The Labute approximate surface area is 190 Å². The van der Waals surface area contributed by atoms with Gasteiger partial charge in [0.25, 0.3) is 0 Å². The number of rotatable bonds is 4. The highest BCUT2D eigenvalue weighted by Crippen LogP contribution is 2.38. The lowest BCUT2D eigenvalue weighted by Crippen LogP contribution is -2.50. The van der Waals surface area contributed by atoms with Gasteiger partial charge in [-0.2, -0.15) is 0 Å². The first kappa shape index (κ1) is 21.2. The molecule has 2 saturated heterocycles. The highest BCUT2D eigenvalue weighted by molar-refractivity contribution is 5.88. The molecule has 1 atom stereocenters. The van der Waals surface area contributed by atoms with Crippen LogP contribution in [0.25, 0.3) is 5.65 Å². The van der Waals surface area contributed by atoms with Crippen LogP contribution in [-0.4, -0.2) is 46.5 Å². The number of nitrogens with zero attached hydrogens (tertiary/aromatic N) is 3. The van der Waals surface area contributed by atoms with Crippen LogP contribution in [0.2, 0.25) is 0 Å². The Morgan fingerprint density at radius 2 is 1.91 bits per heavy atom. The fourth-order valence-corrected chi connectivity index (χ4v) is 5.57. The number of aryl methyl sites for hydroxylation is 1. The monoisotopic (exact) mass is 431 g/mol. The predicted molar refractivity (Wildman–Crippen MR) is 126 cm³/mol. The molecule has 4 heterocycles. The first-order valence-electron chi connectivity index (χ1n) is 12.0. The molecule has 5 rings (SSSR count). The number of pyridine rings is 1. The number of amides is 1. The number of imidazole rings is 1. The summed E-state index contributed by atoms with van der Waals surface area (Å²) in [5, 5.41) is 0. The van der Waals surface area contributed by atoms with Crippen molar-refractivity contribution in [3.8, 4) is 0 Å². The molecule has 0 aliphatic carbocycles. The summed E-state index contributed by atoms with van der Waals surface area (Å²) in [6.45, 7) is 5.11. The van der Waals surface area contributed by atoms with Gasteiger partial charge in [-0.05, 0) is 68.6 Å². The summed E-state index contributed by atoms with van der Waals surface area (Å²) in [4.78, 5) is 20.7. The van der Waals surface area contributed by atoms with Crippen LogP contribution in [0.4, 0.5) is 0 Å². The van der Waals surface area contributed by atoms with Crippen LogP contribution in [0.15, 0.2) is 55.0 Å². The average Bonchev–Trinajstić information content (AvgIpc) is 3.20. The molecule has 2 aromatic heterocycles. The van der Waals surface area contributed by atoms with E-state index >= 15 is 0 Å². The third-order valence-corrected chi connectivity index (χ3v) is 7.50. The Morgan fingerprint density at radius 1 is 1.09 bits per heavy atom. The summed E-state index contributed by atoms with van der Waals surface area (Å²) in [6, 6.07) is 12.9. The summed E-state index contributed by atoms with van der Waals surface area (Å²) in [6.07, 6.45) is 11.8. The summed E-state index contributed by atoms with van der Waals surface area (Å²) in [5.74, 6) is 0.890. The van der Waals surface area contributed by atoms with E-state index in [0.717, 1.165) is 62.8 Å². The molecule has 1 unspecified atom stereocenters. The van der Waals surface area contributed by atoms with E-state index in [4.69, 9.17) is 4.74 Å². The van der Waals surface area contributed by atoms with Crippen LogP contribution < -0.4 is 0 Å². The SMILES string of the molecule is Cc1ccc(C2(C(=O)N3CCCC(Cc4cccn5ccnc45)CC3)CCOCC2)cc1. The number of hydrogen-bond acceptors (Lipinski definition) is 3. The number of benzene rings is 1. The van der Waals surface area contributed by atoms with Gasteiger partial charge in [-0.1, -0.05) is 35.9 Å². The fourth-order valence-electron chi connectivity index (χ4n) is 5.57. The molecule has 0 saturated carbocycles. The van der Waals surface area contributed by atoms with Gasteiger partial charge in [0.1, 0.15) is 5.65 Å². The van der Waals surface area contributed by atoms with E-state index in [1.165, 1.54) is 11.1 Å². The van der Waals surface area contributed by atoms with Crippen molar-refractivity contribution in [3.05, 3.63) is 71.7 Å². The molecule has 2 aliphatic rings. The Kier molecular flexibility index (Phi) is 6.01. The molecule has 168 valence electrons. The number of aromatic nitrogens is 2. The first-order chi connectivity index (χ1) is 15.7. The van der Waals surface area contributed by atoms with Crippen LogP contribution in [0, 0.1) is 12.8 Å². The molecule has 0 bridgehead atoms. The van der Waals surface area contributed by atoms with Crippen LogP contribution >= 0.6 is 0 Å². The summed E-state index contributed by atoms with van der Waals surface area (Å²) >= 11 is 0. The standard InChI is InChI=1S/C27H33N3O2/c1-21-6-8-24(9-7-21)27(11-18-32-19-12-27)26(31)30-15-2-4-22(10-16-30)20-23-5-3-14-29-17-13-28-25(23)29/h3,5-9,13-14,17,22H,2,4,10-12,15-16,18-20H2,1H3. The normalized spacial score (nSPS) is 21.4. The fraction of sp³-hybridized carbons (Fsp3) is 0.481. The minimum atomic E-state index is -0.437. The topological polar surface area (TPSA) is 46.8 Å². The zero-order chi connectivity index (χ0) is 22.0. The van der Waals surface area contributed by atoms with Gasteiger partial charge in [-0.25, -0.2) is 4.98 Å². The van der Waals surface area contributed by atoms with Gasteiger partial charge in [0.05, 0.1) is 5.41 Å². The molecular formula is C27H33N3O2. The lowest BCUT2D eigenvalue weighted by Gasteiger charge is -2.40. The third kappa shape index (κ3) is 4.06. The summed E-state index contributed by atoms with van der Waals surface area (Å²) in [5.41, 5.74) is 4.32. The van der Waals surface area contributed by atoms with Crippen LogP contribution in [0.3, 0.4) is 0 Å². The van der Waals surface area contributed by atoms with Gasteiger partial charge in [-0.3, -0.25) is 4.79 Å². The molecule has 3 aromatic rings. The maximum atomic E-state index is 14.0. The van der Waals surface area contributed by atoms with Crippen molar-refractivity contribution in [3.63, 3.8) is 0 Å². The van der Waals surface area contributed by atoms with Gasteiger partial charge >= 0.3 is 0 Å². The second kappa shape index (κ2) is 9.07. The van der Waals surface area contributed by atoms with E-state index in [-0.39, 0.29) is 0 Å². The van der Waals surface area contributed by atoms with Crippen LogP contribution in [0.5, 0.6) is 0 Å². The van der Waals surface area contributed by atoms with Gasteiger partial charge < -0.3 is 14.0 Å². The molecule has 0 N–H and O–H groups in total. The molecule has 1 aromatic carbocycles. The number of hydrogen-bond donors (Lipinski definition) is 0. The first-order valence-corrected chi connectivity index (χ1v) is 12.0. The quantitative estimate of drug-likeness (QED) is 0.608. The third-order valence-electron chi connectivity index (χ3n) is 7.50. The van der Waals surface area contributed by atoms with E-state index in [1.54, 1.807) is 0 Å². The van der Waals surface area contributed by atoms with Crippen molar-refractivity contribution in [1.82, 2.24) is 14.3 Å². The molecule has 32 heavy (non-hydrogen) atoms. The van der Waals surface area contributed by atoms with Crippen molar-refractivity contribution >= 4 is 11.6 Å². The van der Waals surface area contributed by atoms with Crippen LogP contribution in [-0.2, 0) is 21.4 Å². The van der Waals surface area contributed by atoms with E-state index < -0.39 is 5.41 Å². The van der Waals surface area contributed by atoms with E-state index in [0.29, 0.717) is 25.0 Å². The average molecular weight is 432 g/mol. The maximum Gasteiger partial charge on any atom is 0.233 e. The van der Waals surface area contributed by atoms with Gasteiger partial charge in [0, 0.05) is 44.9 Å². The molecule has 0 radical (unpaired) electrons. The minimum absolute atomic E-state index is 0.306. The zero-order valence-electron chi connectivity index (χ0n) is 19.0. The Balaban J connectivity index is 1.32. The van der Waals surface area contributed by atoms with Crippen molar-refractivity contribution < 1.29 is 9.53 Å². The second-order valence-corrected chi connectivity index (χ2v) is 9.55. The van der Waals surface area contributed by atoms with Gasteiger partial charge in [0.15, 0.2) is 0 Å². The van der Waals surface area contributed by atoms with Crippen molar-refractivity contribution in [2.45, 2.75) is 50.9 Å². The van der Waals surface area contributed by atoms with E-state index in [1.807, 2.05) is 12.4 Å². The molecular weight excluding hydrogens is 398 g/mol. The largest absolute Gasteiger partial charge is 0.381 e. The van der Waals surface area contributed by atoms with Gasteiger partial charge in [0.2, 0.25) is 5.91 Å². The molecule has 2 fully saturated rings. The summed E-state index contributed by atoms with van der Waals surface area (Å²) in [7, 11) is 0. The van der Waals surface area contributed by atoms with Crippen molar-refractivity contribution in [1.29, 1.82) is 0 Å². The lowest BCUT2D eigenvalue weighted by atomic mass is 9.72. The predicted octanol–water partition coefficient (Wildman–Crippen LogP) is 4.56. The smallest absolute Gasteiger partial charge is 0.233 e. The lowest BCUT2D eigenvalue weighted by molar-refractivity contribution is -0.141.